The van der Waals surface area contributed by atoms with Gasteiger partial charge >= 0.3 is 7.60 Å². The normalized spacial score (nSPS) is 11.6. The molecular formula is C16H25O4P. The Labute approximate surface area is 127 Å². The number of unbranched alkanes of at least 4 members (excludes halogenated alkanes) is 2. The van der Waals surface area contributed by atoms with Crippen LogP contribution in [0.3, 0.4) is 0 Å². The van der Waals surface area contributed by atoms with Gasteiger partial charge in [-0.3, -0.25) is 9.36 Å². The van der Waals surface area contributed by atoms with Crippen molar-refractivity contribution >= 4 is 13.1 Å². The molecule has 21 heavy (non-hydrogen) atoms. The van der Waals surface area contributed by atoms with Gasteiger partial charge < -0.3 is 9.05 Å². The highest BCUT2D eigenvalue weighted by Crippen LogP contribution is 2.51. The lowest BCUT2D eigenvalue weighted by Gasteiger charge is -2.17. The van der Waals surface area contributed by atoms with Gasteiger partial charge in [-0.05, 0) is 19.8 Å². The molecule has 0 amide bonds. The molecule has 0 aromatic heterocycles. The monoisotopic (exact) mass is 312 g/mol. The first kappa shape index (κ1) is 18.1. The summed E-state index contributed by atoms with van der Waals surface area (Å²) < 4.78 is 23.4. The van der Waals surface area contributed by atoms with Gasteiger partial charge in [0.05, 0.1) is 13.2 Å². The van der Waals surface area contributed by atoms with Gasteiger partial charge in [-0.2, -0.15) is 0 Å². The third-order valence-electron chi connectivity index (χ3n) is 3.07. The van der Waals surface area contributed by atoms with Gasteiger partial charge in [-0.15, -0.1) is 0 Å². The van der Waals surface area contributed by atoms with E-state index < -0.39 is 13.1 Å². The molecule has 0 heterocycles. The molecule has 0 unspecified atom stereocenters. The van der Waals surface area contributed by atoms with Crippen LogP contribution in [-0.2, 0) is 13.6 Å². The second-order valence-electron chi connectivity index (χ2n) is 5.04. The third-order valence-corrected chi connectivity index (χ3v) is 4.87. The average molecular weight is 312 g/mol. The first-order chi connectivity index (χ1) is 10.0. The zero-order valence-electron chi connectivity index (χ0n) is 13.1. The van der Waals surface area contributed by atoms with Crippen molar-refractivity contribution in [2.45, 2.75) is 46.5 Å². The van der Waals surface area contributed by atoms with Crippen molar-refractivity contribution in [3.63, 3.8) is 0 Å². The van der Waals surface area contributed by atoms with Gasteiger partial charge in [-0.1, -0.05) is 56.5 Å². The van der Waals surface area contributed by atoms with Gasteiger partial charge in [0.1, 0.15) is 0 Å². The molecule has 118 valence electrons. The van der Waals surface area contributed by atoms with Crippen LogP contribution in [-0.4, -0.2) is 18.7 Å². The molecule has 1 rings (SSSR count). The molecule has 0 atom stereocenters. The number of carbonyl (C=O) groups is 1. The molecule has 1 aromatic carbocycles. The maximum Gasteiger partial charge on any atom is 0.401 e. The van der Waals surface area contributed by atoms with E-state index in [1.807, 2.05) is 32.9 Å². The van der Waals surface area contributed by atoms with E-state index in [9.17, 15) is 9.36 Å². The molecule has 0 bridgehead atoms. The predicted molar refractivity (Wildman–Crippen MR) is 84.8 cm³/mol. The van der Waals surface area contributed by atoms with E-state index in [0.717, 1.165) is 31.2 Å². The van der Waals surface area contributed by atoms with E-state index in [2.05, 4.69) is 0 Å². The third kappa shape index (κ3) is 5.74. The minimum absolute atomic E-state index is 0.275. The number of hydrogen-bond donors (Lipinski definition) is 0. The van der Waals surface area contributed by atoms with E-state index in [-0.39, 0.29) is 13.2 Å². The van der Waals surface area contributed by atoms with Crippen LogP contribution in [0.5, 0.6) is 0 Å². The summed E-state index contributed by atoms with van der Waals surface area (Å²) in [7, 11) is -3.75. The van der Waals surface area contributed by atoms with Crippen molar-refractivity contribution in [2.24, 2.45) is 0 Å². The first-order valence-corrected chi connectivity index (χ1v) is 9.08. The summed E-state index contributed by atoms with van der Waals surface area (Å²) in [5.41, 5.74) is 0.867. The van der Waals surface area contributed by atoms with E-state index in [0.29, 0.717) is 5.56 Å². The summed E-state index contributed by atoms with van der Waals surface area (Å²) in [6.07, 6.45) is 3.33. The first-order valence-electron chi connectivity index (χ1n) is 7.54. The van der Waals surface area contributed by atoms with Crippen LogP contribution in [0, 0.1) is 6.92 Å². The smallest absolute Gasteiger partial charge is 0.303 e. The Morgan fingerprint density at radius 3 is 1.90 bits per heavy atom. The van der Waals surface area contributed by atoms with Gasteiger partial charge in [0.15, 0.2) is 0 Å². The highest BCUT2D eigenvalue weighted by atomic mass is 31.2. The molecule has 0 aliphatic carbocycles. The van der Waals surface area contributed by atoms with Gasteiger partial charge in [0.25, 0.3) is 5.52 Å². The fourth-order valence-corrected chi connectivity index (χ4v) is 3.18. The van der Waals surface area contributed by atoms with Crippen LogP contribution in [0.2, 0.25) is 0 Å². The Morgan fingerprint density at radius 1 is 1.00 bits per heavy atom. The van der Waals surface area contributed by atoms with Gasteiger partial charge in [-0.25, -0.2) is 0 Å². The Kier molecular flexibility index (Phi) is 7.87. The standard InChI is InChI=1S/C16H25O4P/c1-4-6-12-19-21(18,20-13-7-5-2)16(17)15-10-8-14(3)9-11-15/h8-11H,4-7,12-13H2,1-3H3. The number of rotatable bonds is 10. The molecule has 0 saturated heterocycles. The van der Waals surface area contributed by atoms with Gasteiger partial charge in [0, 0.05) is 5.56 Å². The quantitative estimate of drug-likeness (QED) is 0.452. The predicted octanol–water partition coefficient (Wildman–Crippen LogP) is 4.96. The lowest BCUT2D eigenvalue weighted by Crippen LogP contribution is -2.09. The molecule has 4 nitrogen and oxygen atoms in total. The van der Waals surface area contributed by atoms with Crippen LogP contribution in [0.1, 0.15) is 55.5 Å². The zero-order valence-corrected chi connectivity index (χ0v) is 14.0. The van der Waals surface area contributed by atoms with Gasteiger partial charge in [0.2, 0.25) is 0 Å². The second kappa shape index (κ2) is 9.14. The van der Waals surface area contributed by atoms with Crippen molar-refractivity contribution in [2.75, 3.05) is 13.2 Å². The minimum atomic E-state index is -3.75. The highest BCUT2D eigenvalue weighted by Gasteiger charge is 2.35. The van der Waals surface area contributed by atoms with E-state index in [1.165, 1.54) is 0 Å². The molecule has 0 aliphatic rings. The average Bonchev–Trinajstić information content (AvgIpc) is 2.48. The van der Waals surface area contributed by atoms with Crippen molar-refractivity contribution in [1.82, 2.24) is 0 Å². The second-order valence-corrected chi connectivity index (χ2v) is 6.96. The van der Waals surface area contributed by atoms with Crippen LogP contribution in [0.25, 0.3) is 0 Å². The Bertz CT molecular complexity index is 468. The summed E-state index contributed by atoms with van der Waals surface area (Å²) >= 11 is 0. The van der Waals surface area contributed by atoms with Crippen molar-refractivity contribution < 1.29 is 18.4 Å². The minimum Gasteiger partial charge on any atom is -0.303 e. The molecule has 0 saturated carbocycles. The molecule has 1 aromatic rings. The zero-order chi connectivity index (χ0) is 15.7. The molecular weight excluding hydrogens is 287 g/mol. The van der Waals surface area contributed by atoms with Crippen LogP contribution in [0.4, 0.5) is 0 Å². The summed E-state index contributed by atoms with van der Waals surface area (Å²) in [4.78, 5) is 12.5. The van der Waals surface area contributed by atoms with E-state index in [1.54, 1.807) is 12.1 Å². The summed E-state index contributed by atoms with van der Waals surface area (Å²) in [6, 6.07) is 6.96. The molecule has 0 N–H and O–H groups in total. The maximum atomic E-state index is 12.8. The highest BCUT2D eigenvalue weighted by molar-refractivity contribution is 7.72. The fourth-order valence-electron chi connectivity index (χ4n) is 1.67. The number of hydrogen-bond acceptors (Lipinski definition) is 4. The van der Waals surface area contributed by atoms with Crippen LogP contribution < -0.4 is 0 Å². The van der Waals surface area contributed by atoms with E-state index >= 15 is 0 Å². The fraction of sp³-hybridized carbons (Fsp3) is 0.562. The topological polar surface area (TPSA) is 52.6 Å². The SMILES string of the molecule is CCCCOP(=O)(OCCCC)C(=O)c1ccc(C)cc1. The summed E-state index contributed by atoms with van der Waals surface area (Å²) in [5.74, 6) is 0. The Hall–Kier alpha value is -0.960. The van der Waals surface area contributed by atoms with Crippen LogP contribution >= 0.6 is 7.60 Å². The largest absolute Gasteiger partial charge is 0.401 e. The van der Waals surface area contributed by atoms with Crippen molar-refractivity contribution in [3.05, 3.63) is 35.4 Å². The molecule has 0 radical (unpaired) electrons. The maximum absolute atomic E-state index is 12.8. The number of aryl methyl sites for hydroxylation is 1. The Balaban J connectivity index is 2.85. The van der Waals surface area contributed by atoms with Crippen molar-refractivity contribution in [3.8, 4) is 0 Å². The summed E-state index contributed by atoms with van der Waals surface area (Å²) in [6.45, 7) is 6.50. The summed E-state index contributed by atoms with van der Waals surface area (Å²) in [5, 5.41) is 0. The van der Waals surface area contributed by atoms with E-state index in [4.69, 9.17) is 9.05 Å². The van der Waals surface area contributed by atoms with Crippen LogP contribution in [0.15, 0.2) is 24.3 Å². The number of benzene rings is 1. The lowest BCUT2D eigenvalue weighted by atomic mass is 10.2. The molecule has 0 aliphatic heterocycles. The lowest BCUT2D eigenvalue weighted by molar-refractivity contribution is 0.0991. The molecule has 0 spiro atoms. The van der Waals surface area contributed by atoms with Crippen molar-refractivity contribution in [1.29, 1.82) is 0 Å². The Morgan fingerprint density at radius 2 is 1.48 bits per heavy atom. The molecule has 5 heteroatoms. The molecule has 0 fully saturated rings. The number of carbonyl (C=O) groups excluding carboxylic acids is 1.